The van der Waals surface area contributed by atoms with Crippen molar-refractivity contribution in [3.8, 4) is 0 Å². The minimum atomic E-state index is -0.614. The van der Waals surface area contributed by atoms with Gasteiger partial charge in [-0.25, -0.2) is 4.79 Å². The lowest BCUT2D eigenvalue weighted by Crippen LogP contribution is -2.15. The minimum Gasteiger partial charge on any atom is -0.459 e. The topological polar surface area (TPSA) is 112 Å². The predicted molar refractivity (Wildman–Crippen MR) is 105 cm³/mol. The Morgan fingerprint density at radius 3 is 2.79 bits per heavy atom. The van der Waals surface area contributed by atoms with Crippen LogP contribution in [0.1, 0.15) is 43.3 Å². The number of amides is 1. The number of carbonyl (C=O) groups is 2. The van der Waals surface area contributed by atoms with Crippen LogP contribution in [0, 0.1) is 10.1 Å². The SMILES string of the molecule is O=C(Nc1sc2c(c1C(=O)OCc1ccccc1[N+](=O)[O-])CCC2)c1ccco1. The van der Waals surface area contributed by atoms with E-state index < -0.39 is 16.8 Å². The largest absolute Gasteiger partial charge is 0.459 e. The highest BCUT2D eigenvalue weighted by Crippen LogP contribution is 2.40. The van der Waals surface area contributed by atoms with Gasteiger partial charge in [-0.3, -0.25) is 14.9 Å². The average molecular weight is 412 g/mol. The average Bonchev–Trinajstić information content (AvgIpc) is 3.43. The number of para-hydroxylation sites is 1. The lowest BCUT2D eigenvalue weighted by atomic mass is 10.1. The second-order valence-corrected chi connectivity index (χ2v) is 7.56. The number of benzene rings is 1. The molecular weight excluding hydrogens is 396 g/mol. The Bertz CT molecular complexity index is 1090. The number of esters is 1. The summed E-state index contributed by atoms with van der Waals surface area (Å²) >= 11 is 1.35. The summed E-state index contributed by atoms with van der Waals surface area (Å²) < 4.78 is 10.5. The molecule has 8 nitrogen and oxygen atoms in total. The molecule has 1 aliphatic rings. The van der Waals surface area contributed by atoms with Crippen LogP contribution < -0.4 is 5.32 Å². The first-order valence-electron chi connectivity index (χ1n) is 8.93. The van der Waals surface area contributed by atoms with Gasteiger partial charge in [0.1, 0.15) is 11.6 Å². The van der Waals surface area contributed by atoms with E-state index in [1.165, 1.54) is 29.7 Å². The molecule has 0 atom stereocenters. The van der Waals surface area contributed by atoms with Crippen LogP contribution in [0.15, 0.2) is 47.1 Å². The maximum atomic E-state index is 12.8. The van der Waals surface area contributed by atoms with Crippen LogP contribution in [0.5, 0.6) is 0 Å². The van der Waals surface area contributed by atoms with Crippen molar-refractivity contribution in [2.45, 2.75) is 25.9 Å². The lowest BCUT2D eigenvalue weighted by molar-refractivity contribution is -0.385. The smallest absolute Gasteiger partial charge is 0.341 e. The molecular formula is C20H16N2O6S. The summed E-state index contributed by atoms with van der Waals surface area (Å²) in [6.45, 7) is -0.230. The number of thiophene rings is 1. The van der Waals surface area contributed by atoms with Gasteiger partial charge in [-0.1, -0.05) is 12.1 Å². The number of rotatable bonds is 6. The Kier molecular flexibility index (Phi) is 5.13. The molecule has 1 amide bonds. The molecule has 0 saturated carbocycles. The molecule has 3 aromatic rings. The van der Waals surface area contributed by atoms with Crippen LogP contribution in [0.3, 0.4) is 0 Å². The molecule has 1 aromatic carbocycles. The number of carbonyl (C=O) groups excluding carboxylic acids is 2. The number of hydrogen-bond donors (Lipinski definition) is 1. The minimum absolute atomic E-state index is 0.109. The maximum Gasteiger partial charge on any atom is 0.341 e. The van der Waals surface area contributed by atoms with Crippen molar-refractivity contribution in [1.82, 2.24) is 0 Å². The fraction of sp³-hybridized carbons (Fsp3) is 0.200. The zero-order valence-corrected chi connectivity index (χ0v) is 16.0. The molecule has 1 N–H and O–H groups in total. The zero-order valence-electron chi connectivity index (χ0n) is 15.2. The number of nitrogens with zero attached hydrogens (tertiary/aromatic N) is 1. The third-order valence-electron chi connectivity index (χ3n) is 4.64. The molecule has 0 saturated heterocycles. The van der Waals surface area contributed by atoms with Crippen molar-refractivity contribution in [1.29, 1.82) is 0 Å². The maximum absolute atomic E-state index is 12.8. The number of nitro groups is 1. The first-order valence-corrected chi connectivity index (χ1v) is 9.75. The highest BCUT2D eigenvalue weighted by Gasteiger charge is 2.29. The van der Waals surface area contributed by atoms with E-state index in [1.807, 2.05) is 0 Å². The van der Waals surface area contributed by atoms with Crippen LogP contribution in [-0.4, -0.2) is 16.8 Å². The van der Waals surface area contributed by atoms with Gasteiger partial charge >= 0.3 is 5.97 Å². The third-order valence-corrected chi connectivity index (χ3v) is 5.85. The van der Waals surface area contributed by atoms with Gasteiger partial charge in [-0.15, -0.1) is 11.3 Å². The number of nitrogens with one attached hydrogen (secondary N) is 1. The van der Waals surface area contributed by atoms with E-state index in [4.69, 9.17) is 9.15 Å². The van der Waals surface area contributed by atoms with E-state index in [1.54, 1.807) is 24.3 Å². The molecule has 0 fully saturated rings. The summed E-state index contributed by atoms with van der Waals surface area (Å²) in [6, 6.07) is 9.24. The zero-order chi connectivity index (χ0) is 20.4. The third kappa shape index (κ3) is 3.77. The van der Waals surface area contributed by atoms with E-state index in [2.05, 4.69) is 5.32 Å². The van der Waals surface area contributed by atoms with E-state index in [0.29, 0.717) is 16.1 Å². The Labute approximate surface area is 169 Å². The van der Waals surface area contributed by atoms with Gasteiger partial charge in [0.15, 0.2) is 5.76 Å². The summed E-state index contributed by atoms with van der Waals surface area (Å²) in [6.07, 6.45) is 3.88. The molecule has 0 spiro atoms. The van der Waals surface area contributed by atoms with Gasteiger partial charge in [-0.2, -0.15) is 0 Å². The number of fused-ring (bicyclic) bond motifs is 1. The Morgan fingerprint density at radius 2 is 2.03 bits per heavy atom. The summed E-state index contributed by atoms with van der Waals surface area (Å²) in [4.78, 5) is 36.9. The molecule has 0 bridgehead atoms. The molecule has 1 aliphatic carbocycles. The fourth-order valence-electron chi connectivity index (χ4n) is 3.31. The Hall–Kier alpha value is -3.46. The normalized spacial score (nSPS) is 12.4. The Balaban J connectivity index is 1.57. The van der Waals surface area contributed by atoms with E-state index >= 15 is 0 Å². The molecule has 4 rings (SSSR count). The molecule has 0 unspecified atom stereocenters. The standard InChI is InChI=1S/C20H16N2O6S/c23-18(15-8-4-10-27-15)21-19-17(13-6-3-9-16(13)29-19)20(24)28-11-12-5-1-2-7-14(12)22(25)26/h1-2,4-5,7-8,10H,3,6,9,11H2,(H,21,23). The molecule has 2 heterocycles. The monoisotopic (exact) mass is 412 g/mol. The number of hydrogen-bond acceptors (Lipinski definition) is 7. The van der Waals surface area contributed by atoms with Crippen molar-refractivity contribution in [3.63, 3.8) is 0 Å². The highest BCUT2D eigenvalue weighted by molar-refractivity contribution is 7.17. The number of anilines is 1. The molecule has 2 aromatic heterocycles. The van der Waals surface area contributed by atoms with Crippen molar-refractivity contribution in [3.05, 3.63) is 80.1 Å². The number of nitro benzene ring substituents is 1. The molecule has 0 radical (unpaired) electrons. The van der Waals surface area contributed by atoms with Crippen LogP contribution in [-0.2, 0) is 24.2 Å². The number of aryl methyl sites for hydroxylation is 1. The predicted octanol–water partition coefficient (Wildman–Crippen LogP) is 4.35. The second-order valence-electron chi connectivity index (χ2n) is 6.45. The van der Waals surface area contributed by atoms with Gasteiger partial charge in [0, 0.05) is 10.9 Å². The van der Waals surface area contributed by atoms with Gasteiger partial charge < -0.3 is 14.5 Å². The Morgan fingerprint density at radius 1 is 1.21 bits per heavy atom. The van der Waals surface area contributed by atoms with Gasteiger partial charge in [0.2, 0.25) is 0 Å². The van der Waals surface area contributed by atoms with Gasteiger partial charge in [0.05, 0.1) is 22.3 Å². The second kappa shape index (κ2) is 7.88. The van der Waals surface area contributed by atoms with Crippen molar-refractivity contribution in [2.24, 2.45) is 0 Å². The van der Waals surface area contributed by atoms with E-state index in [-0.39, 0.29) is 18.1 Å². The van der Waals surface area contributed by atoms with Crippen LogP contribution in [0.25, 0.3) is 0 Å². The van der Waals surface area contributed by atoms with Crippen molar-refractivity contribution < 1.29 is 23.7 Å². The van der Waals surface area contributed by atoms with Gasteiger partial charge in [0.25, 0.3) is 11.6 Å². The molecule has 29 heavy (non-hydrogen) atoms. The molecule has 9 heteroatoms. The van der Waals surface area contributed by atoms with Crippen LogP contribution >= 0.6 is 11.3 Å². The lowest BCUT2D eigenvalue weighted by Gasteiger charge is -2.09. The van der Waals surface area contributed by atoms with Crippen LogP contribution in [0.4, 0.5) is 10.7 Å². The van der Waals surface area contributed by atoms with Gasteiger partial charge in [-0.05, 0) is 43.0 Å². The number of furan rings is 1. The van der Waals surface area contributed by atoms with E-state index in [0.717, 1.165) is 29.7 Å². The van der Waals surface area contributed by atoms with Crippen molar-refractivity contribution in [2.75, 3.05) is 5.32 Å². The summed E-state index contributed by atoms with van der Waals surface area (Å²) in [5.41, 5.74) is 1.39. The van der Waals surface area contributed by atoms with E-state index in [9.17, 15) is 19.7 Å². The summed E-state index contributed by atoms with van der Waals surface area (Å²) in [5, 5.41) is 14.3. The fourth-order valence-corrected chi connectivity index (χ4v) is 4.58. The number of ether oxygens (including phenoxy) is 1. The summed E-state index contributed by atoms with van der Waals surface area (Å²) in [7, 11) is 0. The first-order chi connectivity index (χ1) is 14.0. The van der Waals surface area contributed by atoms with Crippen molar-refractivity contribution >= 4 is 33.9 Å². The first kappa shape index (κ1) is 18.9. The highest BCUT2D eigenvalue weighted by atomic mass is 32.1. The molecule has 0 aliphatic heterocycles. The van der Waals surface area contributed by atoms with Crippen LogP contribution in [0.2, 0.25) is 0 Å². The quantitative estimate of drug-likeness (QED) is 0.366. The summed E-state index contributed by atoms with van der Waals surface area (Å²) in [5.74, 6) is -0.933. The molecule has 148 valence electrons.